The molecule has 0 heterocycles. The van der Waals surface area contributed by atoms with Crippen LogP contribution < -0.4 is 0 Å². The van der Waals surface area contributed by atoms with Crippen LogP contribution in [0.3, 0.4) is 0 Å². The Labute approximate surface area is 118 Å². The first-order chi connectivity index (χ1) is 8.26. The smallest absolute Gasteiger partial charge is 0.281 e. The van der Waals surface area contributed by atoms with Crippen LogP contribution in [0.1, 0.15) is 20.3 Å². The molecule has 18 heavy (non-hydrogen) atoms. The van der Waals surface area contributed by atoms with Crippen molar-refractivity contribution >= 4 is 36.4 Å². The Morgan fingerprint density at radius 1 is 1.50 bits per heavy atom. The Kier molecular flexibility index (Phi) is 9.28. The molecule has 5 nitrogen and oxygen atoms in total. The summed E-state index contributed by atoms with van der Waals surface area (Å²) in [5.74, 6) is -0.370. The summed E-state index contributed by atoms with van der Waals surface area (Å²) in [7, 11) is 0. The van der Waals surface area contributed by atoms with Gasteiger partial charge >= 0.3 is 0 Å². The minimum atomic E-state index is -3.54. The van der Waals surface area contributed by atoms with Gasteiger partial charge in [-0.1, -0.05) is 13.0 Å². The average Bonchev–Trinajstić information content (AvgIpc) is 2.14. The molecule has 0 aromatic carbocycles. The molecular weight excluding hydrogens is 312 g/mol. The van der Waals surface area contributed by atoms with E-state index in [1.165, 1.54) is 0 Å². The minimum Gasteiger partial charge on any atom is -0.345 e. The molecule has 0 saturated heterocycles. The Morgan fingerprint density at radius 2 is 2.11 bits per heavy atom. The maximum Gasteiger partial charge on any atom is 0.281 e. The summed E-state index contributed by atoms with van der Waals surface area (Å²) in [5, 5.41) is 0. The number of hydrogen-bond donors (Lipinski definition) is 2. The normalized spacial score (nSPS) is 15.6. The lowest BCUT2D eigenvalue weighted by atomic mass is 10.5. The molecule has 0 fully saturated rings. The van der Waals surface area contributed by atoms with Gasteiger partial charge in [0, 0.05) is 24.7 Å². The Morgan fingerprint density at radius 3 is 2.50 bits per heavy atom. The lowest BCUT2D eigenvalue weighted by Gasteiger charge is -2.25. The first kappa shape index (κ1) is 18.8. The maximum atomic E-state index is 12.5. The molecule has 0 aromatic rings. The first-order valence-corrected chi connectivity index (χ1v) is 11.7. The highest BCUT2D eigenvalue weighted by atomic mass is 32.7. The average molecular weight is 333 g/mol. The van der Waals surface area contributed by atoms with Gasteiger partial charge in [0.15, 0.2) is 6.49 Å². The van der Waals surface area contributed by atoms with Crippen LogP contribution in [0, 0.1) is 0 Å². The fraction of sp³-hybridized carbons (Fsp3) is 0.778. The van der Waals surface area contributed by atoms with Gasteiger partial charge in [0.1, 0.15) is 5.90 Å². The predicted octanol–water partition coefficient (Wildman–Crippen LogP) is 3.01. The lowest BCUT2D eigenvalue weighted by molar-refractivity contribution is 0.346. The molecule has 0 aliphatic heterocycles. The van der Waals surface area contributed by atoms with Crippen LogP contribution in [-0.4, -0.2) is 39.7 Å². The summed E-state index contributed by atoms with van der Waals surface area (Å²) in [6.45, 7) is 2.11. The number of hydrogen-bond acceptors (Lipinski definition) is 5. The van der Waals surface area contributed by atoms with Gasteiger partial charge in [-0.15, -0.1) is 6.58 Å². The van der Waals surface area contributed by atoms with Crippen molar-refractivity contribution in [2.45, 2.75) is 20.3 Å². The molecule has 108 valence electrons. The van der Waals surface area contributed by atoms with Crippen molar-refractivity contribution in [3.05, 3.63) is 12.7 Å². The van der Waals surface area contributed by atoms with Crippen LogP contribution in [0.25, 0.3) is 0 Å². The molecule has 0 spiro atoms. The zero-order valence-corrected chi connectivity index (χ0v) is 14.1. The molecule has 0 rings (SSSR count). The molecule has 0 aromatic heterocycles. The van der Waals surface area contributed by atoms with Crippen molar-refractivity contribution in [3.63, 3.8) is 0 Å². The van der Waals surface area contributed by atoms with Gasteiger partial charge in [0.05, 0.1) is 6.61 Å². The van der Waals surface area contributed by atoms with E-state index in [2.05, 4.69) is 18.4 Å². The molecule has 0 radical (unpaired) electrons. The van der Waals surface area contributed by atoms with Crippen molar-refractivity contribution in [2.75, 3.05) is 25.6 Å². The van der Waals surface area contributed by atoms with E-state index in [-0.39, 0.29) is 12.5 Å². The van der Waals surface area contributed by atoms with Gasteiger partial charge in [-0.05, 0) is 25.2 Å². The predicted molar refractivity (Wildman–Crippen MR) is 82.5 cm³/mol. The third kappa shape index (κ3) is 8.83. The van der Waals surface area contributed by atoms with Crippen LogP contribution in [0.15, 0.2) is 12.7 Å². The minimum absolute atomic E-state index is 0.244. The molecule has 0 aliphatic carbocycles. The third-order valence-corrected chi connectivity index (χ3v) is 9.89. The SMILES string of the molecule is C=CCN(CCC)SP(=O)(CP(O)(O)=S)OCC. The zero-order chi connectivity index (χ0) is 14.2. The molecule has 0 aliphatic rings. The van der Waals surface area contributed by atoms with E-state index in [4.69, 9.17) is 4.52 Å². The van der Waals surface area contributed by atoms with Crippen LogP contribution in [0.4, 0.5) is 0 Å². The summed E-state index contributed by atoms with van der Waals surface area (Å²) in [4.78, 5) is 18.7. The standard InChI is InChI=1S/C9H21NO4P2S2/c1-4-7-10(8-5-2)18-16(13,14-6-3)9-15(11,12)17/h4H,1,5-9H2,2-3H3,(H2,11,12,17). The molecule has 0 saturated carbocycles. The van der Waals surface area contributed by atoms with Crippen molar-refractivity contribution in [1.82, 2.24) is 4.31 Å². The Bertz CT molecular complexity index is 347. The summed E-state index contributed by atoms with van der Waals surface area (Å²) in [6.07, 6.45) is 2.59. The van der Waals surface area contributed by atoms with Gasteiger partial charge in [0.2, 0.25) is 0 Å². The van der Waals surface area contributed by atoms with Gasteiger partial charge in [-0.2, -0.15) is 0 Å². The van der Waals surface area contributed by atoms with E-state index < -0.39 is 13.1 Å². The van der Waals surface area contributed by atoms with Crippen LogP contribution in [0.5, 0.6) is 0 Å². The Balaban J connectivity index is 4.80. The summed E-state index contributed by atoms with van der Waals surface area (Å²) < 4.78 is 19.5. The fourth-order valence-electron chi connectivity index (χ4n) is 1.25. The van der Waals surface area contributed by atoms with Crippen LogP contribution in [0.2, 0.25) is 0 Å². The largest absolute Gasteiger partial charge is 0.345 e. The highest BCUT2D eigenvalue weighted by Crippen LogP contribution is 2.67. The quantitative estimate of drug-likeness (QED) is 0.362. The molecule has 9 heteroatoms. The second-order valence-corrected chi connectivity index (χ2v) is 12.1. The van der Waals surface area contributed by atoms with Crippen LogP contribution >= 0.6 is 24.6 Å². The topological polar surface area (TPSA) is 70.0 Å². The van der Waals surface area contributed by atoms with Crippen molar-refractivity contribution < 1.29 is 18.9 Å². The molecule has 2 N–H and O–H groups in total. The zero-order valence-electron chi connectivity index (χ0n) is 10.7. The summed E-state index contributed by atoms with van der Waals surface area (Å²) in [6, 6.07) is 0. The Hall–Kier alpha value is 0.810. The molecule has 0 amide bonds. The monoisotopic (exact) mass is 333 g/mol. The summed E-state index contributed by atoms with van der Waals surface area (Å²) >= 11 is 5.58. The van der Waals surface area contributed by atoms with E-state index in [0.29, 0.717) is 13.1 Å². The van der Waals surface area contributed by atoms with E-state index in [1.807, 2.05) is 11.2 Å². The second-order valence-electron chi connectivity index (χ2n) is 3.59. The molecule has 1 unspecified atom stereocenters. The van der Waals surface area contributed by atoms with E-state index in [0.717, 1.165) is 18.0 Å². The highest BCUT2D eigenvalue weighted by Gasteiger charge is 2.32. The molecule has 1 atom stereocenters. The van der Waals surface area contributed by atoms with Gasteiger partial charge in [-0.25, -0.2) is 4.31 Å². The molecular formula is C9H21NO4P2S2. The number of rotatable bonds is 10. The van der Waals surface area contributed by atoms with Gasteiger partial charge in [-0.3, -0.25) is 4.57 Å². The summed E-state index contributed by atoms with van der Waals surface area (Å²) in [5.41, 5.74) is 0. The van der Waals surface area contributed by atoms with Gasteiger partial charge in [0.25, 0.3) is 6.57 Å². The van der Waals surface area contributed by atoms with Gasteiger partial charge < -0.3 is 14.3 Å². The van der Waals surface area contributed by atoms with E-state index in [1.54, 1.807) is 13.0 Å². The highest BCUT2D eigenvalue weighted by molar-refractivity contribution is 8.56. The second kappa shape index (κ2) is 8.88. The van der Waals surface area contributed by atoms with Crippen molar-refractivity contribution in [2.24, 2.45) is 0 Å². The fourth-order valence-corrected chi connectivity index (χ4v) is 10.7. The number of nitrogens with zero attached hydrogens (tertiary/aromatic N) is 1. The third-order valence-electron chi connectivity index (χ3n) is 1.73. The van der Waals surface area contributed by atoms with E-state index >= 15 is 0 Å². The van der Waals surface area contributed by atoms with E-state index in [9.17, 15) is 14.4 Å². The van der Waals surface area contributed by atoms with Crippen molar-refractivity contribution in [1.29, 1.82) is 0 Å². The maximum absolute atomic E-state index is 12.5. The van der Waals surface area contributed by atoms with Crippen LogP contribution in [-0.2, 0) is 20.9 Å². The van der Waals surface area contributed by atoms with Crippen molar-refractivity contribution in [3.8, 4) is 0 Å². The lowest BCUT2D eigenvalue weighted by Crippen LogP contribution is -2.17. The first-order valence-electron chi connectivity index (χ1n) is 5.60. The molecule has 0 bridgehead atoms.